The molecule has 2 rings (SSSR count). The summed E-state index contributed by atoms with van der Waals surface area (Å²) in [5, 5.41) is 12.5. The fourth-order valence-corrected chi connectivity index (χ4v) is 1.80. The van der Waals surface area contributed by atoms with Crippen LogP contribution in [0.4, 0.5) is 0 Å². The minimum Gasteiger partial charge on any atom is -0.484 e. The van der Waals surface area contributed by atoms with Crippen molar-refractivity contribution in [2.45, 2.75) is 32.3 Å². The SMILES string of the molecule is CC[C@@H](O)c1ccc(OCC(=O)NCC2CC2)cc1. The first-order valence-corrected chi connectivity index (χ1v) is 6.86. The van der Waals surface area contributed by atoms with Gasteiger partial charge in [0.15, 0.2) is 6.61 Å². The molecule has 4 nitrogen and oxygen atoms in total. The minimum atomic E-state index is -0.434. The quantitative estimate of drug-likeness (QED) is 0.791. The van der Waals surface area contributed by atoms with E-state index in [1.165, 1.54) is 12.8 Å². The highest BCUT2D eigenvalue weighted by atomic mass is 16.5. The van der Waals surface area contributed by atoms with Crippen LogP contribution in [-0.2, 0) is 4.79 Å². The molecule has 104 valence electrons. The topological polar surface area (TPSA) is 58.6 Å². The maximum Gasteiger partial charge on any atom is 0.257 e. The van der Waals surface area contributed by atoms with Crippen molar-refractivity contribution in [1.82, 2.24) is 5.32 Å². The number of ether oxygens (including phenoxy) is 1. The van der Waals surface area contributed by atoms with E-state index >= 15 is 0 Å². The Bertz CT molecular complexity index is 412. The third-order valence-electron chi connectivity index (χ3n) is 3.31. The lowest BCUT2D eigenvalue weighted by molar-refractivity contribution is -0.123. The maximum atomic E-state index is 11.5. The Morgan fingerprint density at radius 1 is 1.42 bits per heavy atom. The molecule has 0 aromatic heterocycles. The second-order valence-electron chi connectivity index (χ2n) is 5.03. The van der Waals surface area contributed by atoms with Crippen LogP contribution in [0, 0.1) is 5.92 Å². The molecule has 1 fully saturated rings. The van der Waals surface area contributed by atoms with Crippen LogP contribution in [0.1, 0.15) is 37.9 Å². The standard InChI is InChI=1S/C15H21NO3/c1-2-14(17)12-5-7-13(8-6-12)19-10-15(18)16-9-11-3-4-11/h5-8,11,14,17H,2-4,9-10H2,1H3,(H,16,18)/t14-/m1/s1. The van der Waals surface area contributed by atoms with Gasteiger partial charge in [0.2, 0.25) is 0 Å². The summed E-state index contributed by atoms with van der Waals surface area (Å²) in [6.45, 7) is 2.74. The fraction of sp³-hybridized carbons (Fsp3) is 0.533. The molecule has 1 aromatic rings. The molecular formula is C15H21NO3. The van der Waals surface area contributed by atoms with Gasteiger partial charge in [-0.05, 0) is 42.9 Å². The van der Waals surface area contributed by atoms with Crippen LogP contribution in [-0.4, -0.2) is 24.2 Å². The molecule has 1 aliphatic rings. The Morgan fingerprint density at radius 3 is 2.68 bits per heavy atom. The monoisotopic (exact) mass is 263 g/mol. The summed E-state index contributed by atoms with van der Waals surface area (Å²) in [6, 6.07) is 7.21. The number of carbonyl (C=O) groups is 1. The fourth-order valence-electron chi connectivity index (χ4n) is 1.80. The summed E-state index contributed by atoms with van der Waals surface area (Å²) in [6.07, 6.45) is 2.70. The first-order chi connectivity index (χ1) is 9.19. The number of rotatable bonds is 7. The van der Waals surface area contributed by atoms with Crippen molar-refractivity contribution in [3.05, 3.63) is 29.8 Å². The van der Waals surface area contributed by atoms with Gasteiger partial charge >= 0.3 is 0 Å². The van der Waals surface area contributed by atoms with Gasteiger partial charge in [-0.15, -0.1) is 0 Å². The highest BCUT2D eigenvalue weighted by Crippen LogP contribution is 2.27. The lowest BCUT2D eigenvalue weighted by Gasteiger charge is -2.10. The third-order valence-corrected chi connectivity index (χ3v) is 3.31. The molecule has 1 aromatic carbocycles. The Kier molecular flexibility index (Phi) is 4.80. The Morgan fingerprint density at radius 2 is 2.11 bits per heavy atom. The second-order valence-corrected chi connectivity index (χ2v) is 5.03. The maximum absolute atomic E-state index is 11.5. The molecule has 0 spiro atoms. The number of benzene rings is 1. The van der Waals surface area contributed by atoms with Gasteiger partial charge in [-0.1, -0.05) is 19.1 Å². The Hall–Kier alpha value is -1.55. The van der Waals surface area contributed by atoms with Crippen LogP contribution >= 0.6 is 0 Å². The first kappa shape index (κ1) is 13.9. The zero-order chi connectivity index (χ0) is 13.7. The lowest BCUT2D eigenvalue weighted by atomic mass is 10.1. The van der Waals surface area contributed by atoms with Gasteiger partial charge in [0.25, 0.3) is 5.91 Å². The largest absolute Gasteiger partial charge is 0.484 e. The molecule has 1 amide bonds. The van der Waals surface area contributed by atoms with Crippen LogP contribution < -0.4 is 10.1 Å². The van der Waals surface area contributed by atoms with Gasteiger partial charge in [0.1, 0.15) is 5.75 Å². The molecule has 2 N–H and O–H groups in total. The number of hydrogen-bond acceptors (Lipinski definition) is 3. The van der Waals surface area contributed by atoms with Crippen LogP contribution in [0.2, 0.25) is 0 Å². The molecular weight excluding hydrogens is 242 g/mol. The average molecular weight is 263 g/mol. The van der Waals surface area contributed by atoms with Crippen molar-refractivity contribution in [1.29, 1.82) is 0 Å². The normalized spacial score (nSPS) is 15.9. The van der Waals surface area contributed by atoms with Crippen molar-refractivity contribution in [2.75, 3.05) is 13.2 Å². The van der Waals surface area contributed by atoms with Gasteiger partial charge in [0, 0.05) is 6.54 Å². The van der Waals surface area contributed by atoms with E-state index in [0.29, 0.717) is 18.1 Å². The van der Waals surface area contributed by atoms with Crippen LogP contribution in [0.25, 0.3) is 0 Å². The summed E-state index contributed by atoms with van der Waals surface area (Å²) in [4.78, 5) is 11.5. The summed E-state index contributed by atoms with van der Waals surface area (Å²) in [5.74, 6) is 1.25. The molecule has 0 unspecified atom stereocenters. The molecule has 1 saturated carbocycles. The van der Waals surface area contributed by atoms with E-state index in [4.69, 9.17) is 4.74 Å². The number of carbonyl (C=O) groups excluding carboxylic acids is 1. The summed E-state index contributed by atoms with van der Waals surface area (Å²) < 4.78 is 5.40. The van der Waals surface area contributed by atoms with Crippen molar-refractivity contribution < 1.29 is 14.6 Å². The average Bonchev–Trinajstić information content (AvgIpc) is 3.26. The molecule has 1 atom stereocenters. The van der Waals surface area contributed by atoms with Crippen molar-refractivity contribution in [3.8, 4) is 5.75 Å². The highest BCUT2D eigenvalue weighted by molar-refractivity contribution is 5.77. The first-order valence-electron chi connectivity index (χ1n) is 6.86. The van der Waals surface area contributed by atoms with Crippen LogP contribution in [0.5, 0.6) is 5.75 Å². The van der Waals surface area contributed by atoms with E-state index in [1.54, 1.807) is 12.1 Å². The van der Waals surface area contributed by atoms with Gasteiger partial charge in [0.05, 0.1) is 6.10 Å². The zero-order valence-corrected chi connectivity index (χ0v) is 11.3. The molecule has 0 aliphatic heterocycles. The van der Waals surface area contributed by atoms with Gasteiger partial charge in [-0.25, -0.2) is 0 Å². The van der Waals surface area contributed by atoms with E-state index in [2.05, 4.69) is 5.32 Å². The smallest absolute Gasteiger partial charge is 0.257 e. The minimum absolute atomic E-state index is 0.0440. The summed E-state index contributed by atoms with van der Waals surface area (Å²) in [7, 11) is 0. The Labute approximate surface area is 113 Å². The van der Waals surface area contributed by atoms with Gasteiger partial charge in [-0.2, -0.15) is 0 Å². The number of hydrogen-bond donors (Lipinski definition) is 2. The van der Waals surface area contributed by atoms with Crippen molar-refractivity contribution in [3.63, 3.8) is 0 Å². The molecule has 1 aliphatic carbocycles. The summed E-state index contributed by atoms with van der Waals surface area (Å²) in [5.41, 5.74) is 0.869. The number of aliphatic hydroxyl groups excluding tert-OH is 1. The Balaban J connectivity index is 1.74. The molecule has 0 saturated heterocycles. The van der Waals surface area contributed by atoms with Gasteiger partial charge in [-0.3, -0.25) is 4.79 Å². The predicted octanol–water partition coefficient (Wildman–Crippen LogP) is 2.04. The molecule has 4 heteroatoms. The van der Waals surface area contributed by atoms with Crippen molar-refractivity contribution in [2.24, 2.45) is 5.92 Å². The van der Waals surface area contributed by atoms with E-state index in [-0.39, 0.29) is 12.5 Å². The lowest BCUT2D eigenvalue weighted by Crippen LogP contribution is -2.30. The van der Waals surface area contributed by atoms with E-state index in [1.807, 2.05) is 19.1 Å². The van der Waals surface area contributed by atoms with Gasteiger partial charge < -0.3 is 15.2 Å². The van der Waals surface area contributed by atoms with Crippen LogP contribution in [0.3, 0.4) is 0 Å². The summed E-state index contributed by atoms with van der Waals surface area (Å²) >= 11 is 0. The van der Waals surface area contributed by atoms with Crippen LogP contribution in [0.15, 0.2) is 24.3 Å². The number of nitrogens with one attached hydrogen (secondary N) is 1. The second kappa shape index (κ2) is 6.57. The van der Waals surface area contributed by atoms with Crippen molar-refractivity contribution >= 4 is 5.91 Å². The van der Waals surface area contributed by atoms with E-state index in [9.17, 15) is 9.90 Å². The third kappa shape index (κ3) is 4.56. The number of amides is 1. The molecule has 0 heterocycles. The molecule has 19 heavy (non-hydrogen) atoms. The number of aliphatic hydroxyl groups is 1. The highest BCUT2D eigenvalue weighted by Gasteiger charge is 2.21. The predicted molar refractivity (Wildman–Crippen MR) is 72.9 cm³/mol. The van der Waals surface area contributed by atoms with E-state index in [0.717, 1.165) is 12.1 Å². The molecule has 0 radical (unpaired) electrons. The zero-order valence-electron chi connectivity index (χ0n) is 11.3. The molecule has 0 bridgehead atoms. The van der Waals surface area contributed by atoms with E-state index < -0.39 is 6.10 Å².